The number of hydrogen-bond donors (Lipinski definition) is 7. The first kappa shape index (κ1) is 31.8. The lowest BCUT2D eigenvalue weighted by Crippen LogP contribution is -2.58. The maximum atomic E-state index is 13.4. The molecule has 0 aliphatic carbocycles. The van der Waals surface area contributed by atoms with Gasteiger partial charge in [0.1, 0.15) is 23.9 Å². The molecule has 8 N–H and O–H groups in total. The van der Waals surface area contributed by atoms with Gasteiger partial charge in [0.2, 0.25) is 17.7 Å². The van der Waals surface area contributed by atoms with Crippen LogP contribution < -0.4 is 21.7 Å². The number of phenols is 1. The number of aliphatic carboxylic acids is 2. The van der Waals surface area contributed by atoms with Crippen LogP contribution in [0.15, 0.2) is 54.6 Å². The van der Waals surface area contributed by atoms with Crippen LogP contribution in [0.4, 0.5) is 0 Å². The van der Waals surface area contributed by atoms with Crippen molar-refractivity contribution in [3.05, 3.63) is 65.7 Å². The topological polar surface area (TPSA) is 208 Å². The minimum absolute atomic E-state index is 0.0685. The highest BCUT2D eigenvalue weighted by Gasteiger charge is 2.31. The Kier molecular flexibility index (Phi) is 12.1. The number of benzene rings is 2. The van der Waals surface area contributed by atoms with Crippen molar-refractivity contribution in [2.45, 2.75) is 63.7 Å². The predicted molar refractivity (Wildman–Crippen MR) is 145 cm³/mol. The minimum Gasteiger partial charge on any atom is -0.508 e. The number of phenolic OH excluding ortho intramolecular Hbond substituents is 1. The summed E-state index contributed by atoms with van der Waals surface area (Å²) >= 11 is 0. The molecule has 0 aliphatic rings. The molecule has 216 valence electrons. The Bertz CT molecular complexity index is 1170. The summed E-state index contributed by atoms with van der Waals surface area (Å²) in [5, 5.41) is 35.2. The molecule has 4 unspecified atom stereocenters. The highest BCUT2D eigenvalue weighted by atomic mass is 16.4. The number of aromatic hydroxyl groups is 1. The Balaban J connectivity index is 2.21. The average molecular weight is 557 g/mol. The standard InChI is InChI=1S/C28H36N4O8/c1-16(2)12-21(26(37)32-23(28(39)40)15-24(34)35)31-27(38)22(14-17-6-4-3-5-7-17)30-25(36)20(29)13-18-8-10-19(33)11-9-18/h3-11,16,20-23,33H,12-15,29H2,1-2H3,(H,30,36)(H,31,38)(H,32,37)(H,34,35)(H,39,40). The molecule has 0 aliphatic heterocycles. The fourth-order valence-corrected chi connectivity index (χ4v) is 3.94. The summed E-state index contributed by atoms with van der Waals surface area (Å²) in [6.45, 7) is 3.59. The molecule has 2 aromatic rings. The van der Waals surface area contributed by atoms with Crippen molar-refractivity contribution in [3.8, 4) is 5.75 Å². The molecule has 40 heavy (non-hydrogen) atoms. The van der Waals surface area contributed by atoms with Crippen LogP contribution in [0.25, 0.3) is 0 Å². The van der Waals surface area contributed by atoms with E-state index in [4.69, 9.17) is 10.8 Å². The van der Waals surface area contributed by atoms with Gasteiger partial charge in [-0.1, -0.05) is 56.3 Å². The van der Waals surface area contributed by atoms with Crippen molar-refractivity contribution in [2.24, 2.45) is 11.7 Å². The number of nitrogens with one attached hydrogen (secondary N) is 3. The van der Waals surface area contributed by atoms with E-state index in [1.54, 1.807) is 56.3 Å². The number of hydrogen-bond acceptors (Lipinski definition) is 7. The van der Waals surface area contributed by atoms with Crippen molar-refractivity contribution < 1.29 is 39.3 Å². The number of carbonyl (C=O) groups excluding carboxylic acids is 3. The monoisotopic (exact) mass is 556 g/mol. The van der Waals surface area contributed by atoms with Gasteiger partial charge in [-0.3, -0.25) is 19.2 Å². The molecule has 2 rings (SSSR count). The highest BCUT2D eigenvalue weighted by molar-refractivity contribution is 5.94. The molecule has 3 amide bonds. The normalized spacial score (nSPS) is 13.9. The molecule has 4 atom stereocenters. The zero-order valence-corrected chi connectivity index (χ0v) is 22.4. The third-order valence-corrected chi connectivity index (χ3v) is 5.98. The van der Waals surface area contributed by atoms with Crippen molar-refractivity contribution in [2.75, 3.05) is 0 Å². The second-order valence-electron chi connectivity index (χ2n) is 9.92. The van der Waals surface area contributed by atoms with Gasteiger partial charge in [0.15, 0.2) is 0 Å². The first-order valence-corrected chi connectivity index (χ1v) is 12.8. The van der Waals surface area contributed by atoms with Gasteiger partial charge < -0.3 is 37.0 Å². The molecule has 12 nitrogen and oxygen atoms in total. The second-order valence-corrected chi connectivity index (χ2v) is 9.92. The third kappa shape index (κ3) is 10.7. The van der Waals surface area contributed by atoms with Gasteiger partial charge in [-0.2, -0.15) is 0 Å². The highest BCUT2D eigenvalue weighted by Crippen LogP contribution is 2.12. The number of amides is 3. The Hall–Kier alpha value is -4.45. The summed E-state index contributed by atoms with van der Waals surface area (Å²) in [6.07, 6.45) is -0.486. The van der Waals surface area contributed by atoms with E-state index < -0.39 is 60.2 Å². The Labute approximate surface area is 232 Å². The largest absolute Gasteiger partial charge is 0.508 e. The van der Waals surface area contributed by atoms with Gasteiger partial charge in [0, 0.05) is 6.42 Å². The van der Waals surface area contributed by atoms with E-state index in [0.29, 0.717) is 5.56 Å². The average Bonchev–Trinajstić information content (AvgIpc) is 2.88. The predicted octanol–water partition coefficient (Wildman–Crippen LogP) is 0.565. The maximum absolute atomic E-state index is 13.4. The molecule has 0 heterocycles. The lowest BCUT2D eigenvalue weighted by Gasteiger charge is -2.26. The molecular formula is C28H36N4O8. The lowest BCUT2D eigenvalue weighted by atomic mass is 10.00. The molecule has 0 saturated carbocycles. The lowest BCUT2D eigenvalue weighted by molar-refractivity contribution is -0.147. The van der Waals surface area contributed by atoms with Crippen LogP contribution in [0.3, 0.4) is 0 Å². The van der Waals surface area contributed by atoms with E-state index in [2.05, 4.69) is 16.0 Å². The maximum Gasteiger partial charge on any atom is 0.326 e. The van der Waals surface area contributed by atoms with Crippen LogP contribution in [0, 0.1) is 5.92 Å². The van der Waals surface area contributed by atoms with Gasteiger partial charge >= 0.3 is 11.9 Å². The fourth-order valence-electron chi connectivity index (χ4n) is 3.94. The van der Waals surface area contributed by atoms with E-state index in [-0.39, 0.29) is 30.9 Å². The van der Waals surface area contributed by atoms with Crippen LogP contribution >= 0.6 is 0 Å². The van der Waals surface area contributed by atoms with E-state index >= 15 is 0 Å². The summed E-state index contributed by atoms with van der Waals surface area (Å²) in [7, 11) is 0. The van der Waals surface area contributed by atoms with Crippen molar-refractivity contribution >= 4 is 29.7 Å². The first-order valence-electron chi connectivity index (χ1n) is 12.8. The first-order chi connectivity index (χ1) is 18.8. The quantitative estimate of drug-likeness (QED) is 0.163. The molecule has 12 heteroatoms. The number of nitrogens with two attached hydrogens (primary N) is 1. The van der Waals surface area contributed by atoms with Crippen molar-refractivity contribution in [1.82, 2.24) is 16.0 Å². The number of carbonyl (C=O) groups is 5. The van der Waals surface area contributed by atoms with Crippen LogP contribution in [-0.4, -0.2) is 69.1 Å². The van der Waals surface area contributed by atoms with E-state index in [1.165, 1.54) is 12.1 Å². The molecular weight excluding hydrogens is 520 g/mol. The molecule has 0 aromatic heterocycles. The van der Waals surface area contributed by atoms with E-state index in [0.717, 1.165) is 5.56 Å². The smallest absolute Gasteiger partial charge is 0.326 e. The Morgan fingerprint density at radius 3 is 1.80 bits per heavy atom. The van der Waals surface area contributed by atoms with Gasteiger partial charge in [0.05, 0.1) is 12.5 Å². The fraction of sp³-hybridized carbons (Fsp3) is 0.393. The number of carboxylic acid groups (broad SMARTS) is 2. The van der Waals surface area contributed by atoms with Gasteiger partial charge in [-0.05, 0) is 42.0 Å². The van der Waals surface area contributed by atoms with Crippen LogP contribution in [0.5, 0.6) is 5.75 Å². The van der Waals surface area contributed by atoms with Crippen LogP contribution in [0.2, 0.25) is 0 Å². The van der Waals surface area contributed by atoms with Crippen LogP contribution in [-0.2, 0) is 36.8 Å². The molecule has 0 spiro atoms. The summed E-state index contributed by atoms with van der Waals surface area (Å²) < 4.78 is 0. The van der Waals surface area contributed by atoms with Gasteiger partial charge in [-0.25, -0.2) is 4.79 Å². The van der Waals surface area contributed by atoms with Gasteiger partial charge in [-0.15, -0.1) is 0 Å². The number of rotatable bonds is 15. The second kappa shape index (κ2) is 15.2. The SMILES string of the molecule is CC(C)CC(NC(=O)C(Cc1ccccc1)NC(=O)C(N)Cc1ccc(O)cc1)C(=O)NC(CC(=O)O)C(=O)O. The molecule has 0 radical (unpaired) electrons. The number of carboxylic acids is 2. The zero-order valence-electron chi connectivity index (χ0n) is 22.4. The van der Waals surface area contributed by atoms with Gasteiger partial charge in [0.25, 0.3) is 0 Å². The summed E-state index contributed by atoms with van der Waals surface area (Å²) in [6, 6.07) is 10.0. The van der Waals surface area contributed by atoms with Crippen molar-refractivity contribution in [1.29, 1.82) is 0 Å². The Morgan fingerprint density at radius 2 is 1.25 bits per heavy atom. The molecule has 0 fully saturated rings. The third-order valence-electron chi connectivity index (χ3n) is 5.98. The molecule has 0 saturated heterocycles. The summed E-state index contributed by atoms with van der Waals surface area (Å²) in [5.41, 5.74) is 7.52. The van der Waals surface area contributed by atoms with Crippen LogP contribution in [0.1, 0.15) is 37.8 Å². The summed E-state index contributed by atoms with van der Waals surface area (Å²) in [4.78, 5) is 61.8. The van der Waals surface area contributed by atoms with E-state index in [9.17, 15) is 34.2 Å². The summed E-state index contributed by atoms with van der Waals surface area (Å²) in [5.74, 6) is -5.13. The Morgan fingerprint density at radius 1 is 0.725 bits per heavy atom. The zero-order chi connectivity index (χ0) is 29.8. The van der Waals surface area contributed by atoms with E-state index in [1.807, 2.05) is 0 Å². The van der Waals surface area contributed by atoms with Crippen molar-refractivity contribution in [3.63, 3.8) is 0 Å². The molecule has 2 aromatic carbocycles. The molecule has 0 bridgehead atoms. The minimum atomic E-state index is -1.69.